The van der Waals surface area contributed by atoms with Gasteiger partial charge in [-0.2, -0.15) is 0 Å². The summed E-state index contributed by atoms with van der Waals surface area (Å²) in [5.41, 5.74) is 1.68. The molecule has 25 heavy (non-hydrogen) atoms. The molecule has 0 saturated carbocycles. The number of carbonyl (C=O) groups is 1. The van der Waals surface area contributed by atoms with Crippen molar-refractivity contribution in [2.75, 3.05) is 27.3 Å². The van der Waals surface area contributed by atoms with Crippen molar-refractivity contribution >= 4 is 11.7 Å². The Morgan fingerprint density at radius 1 is 1.40 bits per heavy atom. The molecule has 0 bridgehead atoms. The fraction of sp³-hybridized carbons (Fsp3) is 0.412. The molecule has 2 rings (SSSR count). The number of hydrogen-bond donors (Lipinski definition) is 2. The zero-order chi connectivity index (χ0) is 18.6. The second-order valence-electron chi connectivity index (χ2n) is 5.70. The Labute approximate surface area is 145 Å². The molecule has 1 amide bonds. The number of carbonyl (C=O) groups excluding carboxylic acids is 1. The SMILES string of the molecule is CNC(C)=C1C(=N)N(CCOC)C(=O)[C@@H](N=O)[C@H]1c1ccc(F)cc1. The second kappa shape index (κ2) is 7.98. The molecular weight excluding hydrogens is 327 g/mol. The van der Waals surface area contributed by atoms with Gasteiger partial charge in [0.15, 0.2) is 6.04 Å². The van der Waals surface area contributed by atoms with Crippen LogP contribution in [0.3, 0.4) is 0 Å². The van der Waals surface area contributed by atoms with Gasteiger partial charge in [-0.05, 0) is 24.6 Å². The van der Waals surface area contributed by atoms with Crippen molar-refractivity contribution in [1.29, 1.82) is 5.41 Å². The zero-order valence-electron chi connectivity index (χ0n) is 14.4. The third-order valence-corrected chi connectivity index (χ3v) is 4.31. The topological polar surface area (TPSA) is 94.9 Å². The van der Waals surface area contributed by atoms with Crippen molar-refractivity contribution in [3.05, 3.63) is 51.8 Å². The van der Waals surface area contributed by atoms with Gasteiger partial charge < -0.3 is 10.1 Å². The number of hydrogen-bond acceptors (Lipinski definition) is 6. The van der Waals surface area contributed by atoms with Crippen LogP contribution in [0.1, 0.15) is 18.4 Å². The number of halogens is 1. The van der Waals surface area contributed by atoms with Crippen LogP contribution in [0.25, 0.3) is 0 Å². The molecule has 2 atom stereocenters. The molecule has 1 aromatic carbocycles. The predicted octanol–water partition coefficient (Wildman–Crippen LogP) is 2.00. The fourth-order valence-corrected chi connectivity index (χ4v) is 2.94. The van der Waals surface area contributed by atoms with E-state index >= 15 is 0 Å². The summed E-state index contributed by atoms with van der Waals surface area (Å²) in [7, 11) is 3.18. The van der Waals surface area contributed by atoms with E-state index in [1.807, 2.05) is 0 Å². The molecule has 1 heterocycles. The summed E-state index contributed by atoms with van der Waals surface area (Å²) in [6.45, 7) is 2.14. The van der Waals surface area contributed by atoms with Gasteiger partial charge in [0, 0.05) is 31.3 Å². The lowest BCUT2D eigenvalue weighted by Gasteiger charge is -2.38. The summed E-state index contributed by atoms with van der Waals surface area (Å²) in [6, 6.07) is 4.30. The first kappa shape index (κ1) is 18.7. The Balaban J connectivity index is 2.58. The number of amides is 1. The van der Waals surface area contributed by atoms with Gasteiger partial charge in [0.2, 0.25) is 0 Å². The van der Waals surface area contributed by atoms with Crippen molar-refractivity contribution in [2.24, 2.45) is 5.18 Å². The normalized spacial score (nSPS) is 22.8. The average Bonchev–Trinajstić information content (AvgIpc) is 2.61. The molecule has 1 aromatic rings. The molecule has 1 saturated heterocycles. The number of nitrogens with zero attached hydrogens (tertiary/aromatic N) is 2. The van der Waals surface area contributed by atoms with Gasteiger partial charge in [-0.3, -0.25) is 15.1 Å². The van der Waals surface area contributed by atoms with Gasteiger partial charge in [0.05, 0.1) is 13.2 Å². The first-order valence-electron chi connectivity index (χ1n) is 7.81. The summed E-state index contributed by atoms with van der Waals surface area (Å²) < 4.78 is 18.3. The van der Waals surface area contributed by atoms with E-state index in [2.05, 4.69) is 10.5 Å². The van der Waals surface area contributed by atoms with E-state index in [9.17, 15) is 14.1 Å². The lowest BCUT2D eigenvalue weighted by atomic mass is 9.79. The largest absolute Gasteiger partial charge is 0.391 e. The van der Waals surface area contributed by atoms with Crippen LogP contribution in [0.2, 0.25) is 0 Å². The highest BCUT2D eigenvalue weighted by Crippen LogP contribution is 2.37. The maximum Gasteiger partial charge on any atom is 0.257 e. The Hall–Kier alpha value is -2.61. The molecule has 0 spiro atoms. The van der Waals surface area contributed by atoms with E-state index in [1.165, 1.54) is 36.3 Å². The van der Waals surface area contributed by atoms with E-state index in [4.69, 9.17) is 10.1 Å². The number of nitroso groups, excluding NO2 is 1. The van der Waals surface area contributed by atoms with E-state index in [0.717, 1.165) is 0 Å². The molecule has 0 unspecified atom stereocenters. The number of ether oxygens (including phenoxy) is 1. The van der Waals surface area contributed by atoms with Gasteiger partial charge in [-0.25, -0.2) is 4.39 Å². The van der Waals surface area contributed by atoms with Crippen LogP contribution in [-0.2, 0) is 9.53 Å². The molecule has 0 radical (unpaired) electrons. The third-order valence-electron chi connectivity index (χ3n) is 4.31. The fourth-order valence-electron chi connectivity index (χ4n) is 2.94. The number of likely N-dealkylation sites (tertiary alicyclic amines) is 1. The van der Waals surface area contributed by atoms with Gasteiger partial charge in [0.1, 0.15) is 11.7 Å². The van der Waals surface area contributed by atoms with Crippen molar-refractivity contribution in [3.63, 3.8) is 0 Å². The quantitative estimate of drug-likeness (QED) is 0.769. The third kappa shape index (κ3) is 3.58. The molecule has 8 heteroatoms. The first-order chi connectivity index (χ1) is 12.0. The zero-order valence-corrected chi connectivity index (χ0v) is 14.4. The molecule has 1 aliphatic rings. The minimum Gasteiger partial charge on any atom is -0.391 e. The van der Waals surface area contributed by atoms with Crippen molar-refractivity contribution < 1.29 is 13.9 Å². The number of benzene rings is 1. The summed E-state index contributed by atoms with van der Waals surface area (Å²) in [6.07, 6.45) is 0. The predicted molar refractivity (Wildman–Crippen MR) is 91.8 cm³/mol. The molecule has 2 N–H and O–H groups in total. The van der Waals surface area contributed by atoms with Crippen LogP contribution >= 0.6 is 0 Å². The molecular formula is C17H21FN4O3. The van der Waals surface area contributed by atoms with E-state index in [1.54, 1.807) is 14.0 Å². The number of rotatable bonds is 6. The summed E-state index contributed by atoms with van der Waals surface area (Å²) in [5.74, 6) is -1.74. The lowest BCUT2D eigenvalue weighted by Crippen LogP contribution is -2.53. The van der Waals surface area contributed by atoms with Gasteiger partial charge >= 0.3 is 0 Å². The van der Waals surface area contributed by atoms with E-state index < -0.39 is 23.7 Å². The van der Waals surface area contributed by atoms with Crippen LogP contribution in [0.4, 0.5) is 4.39 Å². The van der Waals surface area contributed by atoms with E-state index in [0.29, 0.717) is 16.8 Å². The van der Waals surface area contributed by atoms with Gasteiger partial charge in [-0.15, -0.1) is 4.91 Å². The number of piperidine rings is 1. The van der Waals surface area contributed by atoms with Crippen molar-refractivity contribution in [2.45, 2.75) is 18.9 Å². The van der Waals surface area contributed by atoms with Crippen LogP contribution in [0, 0.1) is 16.1 Å². The molecule has 7 nitrogen and oxygen atoms in total. The molecule has 1 aliphatic heterocycles. The number of amidine groups is 1. The highest BCUT2D eigenvalue weighted by molar-refractivity contribution is 6.12. The van der Waals surface area contributed by atoms with E-state index in [-0.39, 0.29) is 19.0 Å². The Bertz CT molecular complexity index is 702. The van der Waals surface area contributed by atoms with Crippen LogP contribution in [0.15, 0.2) is 40.7 Å². The van der Waals surface area contributed by atoms with Gasteiger partial charge in [0.25, 0.3) is 5.91 Å². The molecule has 1 fully saturated rings. The average molecular weight is 348 g/mol. The Kier molecular flexibility index (Phi) is 5.97. The summed E-state index contributed by atoms with van der Waals surface area (Å²) in [5, 5.41) is 14.5. The standard InChI is InChI=1S/C17H21FN4O3/c1-10(20-2)13-14(11-4-6-12(18)7-5-11)15(21-24)17(23)22(16(13)19)8-9-25-3/h4-7,14-15,19-20H,8-9H2,1-3H3/t14-,15-/m0/s1. The Morgan fingerprint density at radius 3 is 2.56 bits per heavy atom. The van der Waals surface area contributed by atoms with Gasteiger partial charge in [-0.1, -0.05) is 17.3 Å². The minimum absolute atomic E-state index is 0.0110. The molecule has 134 valence electrons. The maximum absolute atomic E-state index is 13.3. The van der Waals surface area contributed by atoms with Crippen molar-refractivity contribution in [1.82, 2.24) is 10.2 Å². The number of allylic oxidation sites excluding steroid dienone is 1. The lowest BCUT2D eigenvalue weighted by molar-refractivity contribution is -0.130. The van der Waals surface area contributed by atoms with Crippen molar-refractivity contribution in [3.8, 4) is 0 Å². The second-order valence-corrected chi connectivity index (χ2v) is 5.70. The minimum atomic E-state index is -1.23. The Morgan fingerprint density at radius 2 is 2.04 bits per heavy atom. The number of nitrogens with one attached hydrogen (secondary N) is 2. The highest BCUT2D eigenvalue weighted by atomic mass is 19.1. The highest BCUT2D eigenvalue weighted by Gasteiger charge is 2.45. The summed E-state index contributed by atoms with van der Waals surface area (Å²) in [4.78, 5) is 25.4. The number of methoxy groups -OCH3 is 1. The van der Waals surface area contributed by atoms with Crippen LogP contribution in [0.5, 0.6) is 0 Å². The smallest absolute Gasteiger partial charge is 0.257 e. The molecule has 0 aromatic heterocycles. The maximum atomic E-state index is 13.3. The first-order valence-corrected chi connectivity index (χ1v) is 7.81. The van der Waals surface area contributed by atoms with Crippen LogP contribution in [-0.4, -0.2) is 50.0 Å². The molecule has 0 aliphatic carbocycles. The van der Waals surface area contributed by atoms with Crippen LogP contribution < -0.4 is 5.32 Å². The summed E-state index contributed by atoms with van der Waals surface area (Å²) >= 11 is 0. The monoisotopic (exact) mass is 348 g/mol.